The van der Waals surface area contributed by atoms with E-state index in [1.54, 1.807) is 6.07 Å². The molecule has 0 atom stereocenters. The Morgan fingerprint density at radius 3 is 3.00 bits per heavy atom. The van der Waals surface area contributed by atoms with E-state index in [-0.39, 0.29) is 10.6 Å². The molecule has 0 radical (unpaired) electrons. The zero-order valence-corrected chi connectivity index (χ0v) is 8.39. The molecule has 2 aromatic rings. The first kappa shape index (κ1) is 9.23. The van der Waals surface area contributed by atoms with E-state index >= 15 is 0 Å². The van der Waals surface area contributed by atoms with Crippen molar-refractivity contribution in [2.75, 3.05) is 5.73 Å². The summed E-state index contributed by atoms with van der Waals surface area (Å²) in [6.07, 6.45) is 1.46. The number of fused-ring (bicyclic) bond motifs is 1. The van der Waals surface area contributed by atoms with Crippen LogP contribution in [-0.4, -0.2) is 16.1 Å². The molecule has 14 heavy (non-hydrogen) atoms. The first-order valence-electron chi connectivity index (χ1n) is 3.66. The molecule has 0 saturated heterocycles. The fourth-order valence-electron chi connectivity index (χ4n) is 1.13. The number of nitrogens with zero attached hydrogens (tertiary/aromatic N) is 1. The number of rotatable bonds is 1. The second-order valence-electron chi connectivity index (χ2n) is 2.66. The van der Waals surface area contributed by atoms with Crippen molar-refractivity contribution in [2.24, 2.45) is 0 Å². The zero-order valence-electron chi connectivity index (χ0n) is 6.82. The van der Waals surface area contributed by atoms with Gasteiger partial charge in [0, 0.05) is 11.6 Å². The molecule has 6 heteroatoms. The molecule has 0 bridgehead atoms. The van der Waals surface area contributed by atoms with E-state index in [1.165, 1.54) is 6.20 Å². The summed E-state index contributed by atoms with van der Waals surface area (Å²) in [5.74, 6) is -1.04. The number of carbonyl (C=O) groups is 1. The summed E-state index contributed by atoms with van der Waals surface area (Å²) < 4.78 is 0. The second kappa shape index (κ2) is 3.11. The average Bonchev–Trinajstić information content (AvgIpc) is 2.44. The molecule has 0 amide bonds. The van der Waals surface area contributed by atoms with E-state index in [9.17, 15) is 4.79 Å². The standard InChI is InChI=1S/C8H5ClN2O2S/c9-3-1-4-5(10)6(8(12)13)14-7(4)11-2-3/h1-2H,10H2,(H,12,13). The van der Waals surface area contributed by atoms with Crippen molar-refractivity contribution in [3.05, 3.63) is 22.2 Å². The van der Waals surface area contributed by atoms with Crippen molar-refractivity contribution in [1.82, 2.24) is 4.98 Å². The Bertz CT molecular complexity index is 523. The van der Waals surface area contributed by atoms with E-state index in [2.05, 4.69) is 4.98 Å². The number of carboxylic acids is 1. The van der Waals surface area contributed by atoms with Crippen LogP contribution in [0.4, 0.5) is 5.69 Å². The maximum Gasteiger partial charge on any atom is 0.348 e. The Morgan fingerprint density at radius 1 is 1.64 bits per heavy atom. The van der Waals surface area contributed by atoms with Gasteiger partial charge in [0.1, 0.15) is 9.71 Å². The fourth-order valence-corrected chi connectivity index (χ4v) is 2.18. The SMILES string of the molecule is Nc1c(C(=O)O)sc2ncc(Cl)cc12. The molecule has 2 rings (SSSR count). The summed E-state index contributed by atoms with van der Waals surface area (Å²) in [7, 11) is 0. The molecule has 4 nitrogen and oxygen atoms in total. The number of thiophene rings is 1. The van der Waals surface area contributed by atoms with Gasteiger partial charge >= 0.3 is 5.97 Å². The molecule has 0 aliphatic carbocycles. The minimum Gasteiger partial charge on any atom is -0.477 e. The minimum absolute atomic E-state index is 0.106. The molecular weight excluding hydrogens is 224 g/mol. The normalized spacial score (nSPS) is 10.6. The molecule has 0 aromatic carbocycles. The highest BCUT2D eigenvalue weighted by Gasteiger charge is 2.15. The van der Waals surface area contributed by atoms with Crippen LogP contribution in [-0.2, 0) is 0 Å². The van der Waals surface area contributed by atoms with Crippen LogP contribution >= 0.6 is 22.9 Å². The Morgan fingerprint density at radius 2 is 2.36 bits per heavy atom. The molecule has 72 valence electrons. The summed E-state index contributed by atoms with van der Waals surface area (Å²) in [6.45, 7) is 0. The molecule has 0 spiro atoms. The molecule has 0 aliphatic rings. The summed E-state index contributed by atoms with van der Waals surface area (Å²) >= 11 is 6.77. The van der Waals surface area contributed by atoms with Gasteiger partial charge in [-0.3, -0.25) is 0 Å². The Labute approximate surface area is 87.9 Å². The highest BCUT2D eigenvalue weighted by Crippen LogP contribution is 2.33. The molecule has 3 N–H and O–H groups in total. The van der Waals surface area contributed by atoms with Gasteiger partial charge in [-0.25, -0.2) is 9.78 Å². The van der Waals surface area contributed by atoms with Gasteiger partial charge in [0.05, 0.1) is 10.7 Å². The van der Waals surface area contributed by atoms with Gasteiger partial charge in [0.25, 0.3) is 0 Å². The molecule has 0 aliphatic heterocycles. The van der Waals surface area contributed by atoms with Crippen LogP contribution in [0.15, 0.2) is 12.3 Å². The monoisotopic (exact) mass is 228 g/mol. The number of anilines is 1. The summed E-state index contributed by atoms with van der Waals surface area (Å²) in [5, 5.41) is 9.85. The number of pyridine rings is 1. The molecule has 2 heterocycles. The molecule has 2 aromatic heterocycles. The quantitative estimate of drug-likeness (QED) is 0.785. The van der Waals surface area contributed by atoms with Crippen molar-refractivity contribution in [3.63, 3.8) is 0 Å². The van der Waals surface area contributed by atoms with E-state index in [4.69, 9.17) is 22.4 Å². The van der Waals surface area contributed by atoms with Gasteiger partial charge in [-0.2, -0.15) is 0 Å². The van der Waals surface area contributed by atoms with Crippen LogP contribution < -0.4 is 5.73 Å². The van der Waals surface area contributed by atoms with Crippen molar-refractivity contribution in [2.45, 2.75) is 0 Å². The van der Waals surface area contributed by atoms with Gasteiger partial charge < -0.3 is 10.8 Å². The van der Waals surface area contributed by atoms with Gasteiger partial charge in [0.2, 0.25) is 0 Å². The summed E-state index contributed by atoms with van der Waals surface area (Å²) in [6, 6.07) is 1.61. The zero-order chi connectivity index (χ0) is 10.3. The maximum atomic E-state index is 10.7. The number of carboxylic acid groups (broad SMARTS) is 1. The van der Waals surface area contributed by atoms with E-state index in [0.717, 1.165) is 11.3 Å². The fraction of sp³-hybridized carbons (Fsp3) is 0. The smallest absolute Gasteiger partial charge is 0.348 e. The minimum atomic E-state index is -1.04. The van der Waals surface area contributed by atoms with Gasteiger partial charge in [0.15, 0.2) is 0 Å². The lowest BCUT2D eigenvalue weighted by Crippen LogP contribution is -1.96. The van der Waals surface area contributed by atoms with Gasteiger partial charge in [-0.1, -0.05) is 11.6 Å². The van der Waals surface area contributed by atoms with Gasteiger partial charge in [-0.15, -0.1) is 11.3 Å². The number of aromatic nitrogens is 1. The molecule has 0 saturated carbocycles. The van der Waals surface area contributed by atoms with Crippen LogP contribution in [0.2, 0.25) is 5.02 Å². The van der Waals surface area contributed by atoms with E-state index in [0.29, 0.717) is 15.2 Å². The number of nitrogens with two attached hydrogens (primary N) is 1. The maximum absolute atomic E-state index is 10.7. The second-order valence-corrected chi connectivity index (χ2v) is 4.09. The molecule has 0 unspecified atom stereocenters. The number of aromatic carboxylic acids is 1. The van der Waals surface area contributed by atoms with Crippen LogP contribution in [0.5, 0.6) is 0 Å². The molecular formula is C8H5ClN2O2S. The lowest BCUT2D eigenvalue weighted by molar-refractivity contribution is 0.0703. The van der Waals surface area contributed by atoms with Crippen LogP contribution in [0.3, 0.4) is 0 Å². The van der Waals surface area contributed by atoms with Crippen molar-refractivity contribution in [3.8, 4) is 0 Å². The number of halogens is 1. The largest absolute Gasteiger partial charge is 0.477 e. The third kappa shape index (κ3) is 1.30. The highest BCUT2D eigenvalue weighted by atomic mass is 35.5. The third-order valence-electron chi connectivity index (χ3n) is 1.75. The van der Waals surface area contributed by atoms with Gasteiger partial charge in [-0.05, 0) is 6.07 Å². The predicted molar refractivity (Wildman–Crippen MR) is 56.0 cm³/mol. The summed E-state index contributed by atoms with van der Waals surface area (Å²) in [5.41, 5.74) is 5.87. The third-order valence-corrected chi connectivity index (χ3v) is 3.07. The lowest BCUT2D eigenvalue weighted by Gasteiger charge is -1.92. The molecule has 0 fully saturated rings. The van der Waals surface area contributed by atoms with Crippen LogP contribution in [0.1, 0.15) is 9.67 Å². The predicted octanol–water partition coefficient (Wildman–Crippen LogP) is 2.23. The highest BCUT2D eigenvalue weighted by molar-refractivity contribution is 7.21. The van der Waals surface area contributed by atoms with Crippen LogP contribution in [0, 0.1) is 0 Å². The van der Waals surface area contributed by atoms with E-state index in [1.807, 2.05) is 0 Å². The van der Waals surface area contributed by atoms with E-state index < -0.39 is 5.97 Å². The Kier molecular flexibility index (Phi) is 2.05. The van der Waals surface area contributed by atoms with Crippen molar-refractivity contribution >= 4 is 44.8 Å². The topological polar surface area (TPSA) is 76.2 Å². The average molecular weight is 229 g/mol. The summed E-state index contributed by atoms with van der Waals surface area (Å²) in [4.78, 5) is 15.4. The number of hydrogen-bond acceptors (Lipinski definition) is 4. The Hall–Kier alpha value is -1.33. The first-order valence-corrected chi connectivity index (χ1v) is 4.86. The lowest BCUT2D eigenvalue weighted by atomic mass is 10.3. The Balaban J connectivity index is 2.80. The van der Waals surface area contributed by atoms with Crippen LogP contribution in [0.25, 0.3) is 10.2 Å². The van der Waals surface area contributed by atoms with Crippen molar-refractivity contribution in [1.29, 1.82) is 0 Å². The van der Waals surface area contributed by atoms with Crippen molar-refractivity contribution < 1.29 is 9.90 Å². The number of nitrogen functional groups attached to an aromatic ring is 1. The number of hydrogen-bond donors (Lipinski definition) is 2. The first-order chi connectivity index (χ1) is 6.59.